The molecule has 0 amide bonds. The summed E-state index contributed by atoms with van der Waals surface area (Å²) in [5.41, 5.74) is 3.22. The second kappa shape index (κ2) is 4.75. The average Bonchev–Trinajstić information content (AvgIpc) is 2.97. The number of para-hydroxylation sites is 1. The van der Waals surface area contributed by atoms with Crippen LogP contribution in [0.25, 0.3) is 16.9 Å². The fourth-order valence-corrected chi connectivity index (χ4v) is 1.99. The van der Waals surface area contributed by atoms with E-state index in [2.05, 4.69) is 16.2 Å². The number of benzene rings is 1. The Kier molecular flexibility index (Phi) is 2.79. The van der Waals surface area contributed by atoms with Crippen molar-refractivity contribution in [1.29, 1.82) is 5.26 Å². The van der Waals surface area contributed by atoms with E-state index in [0.29, 0.717) is 5.56 Å². The Balaban J connectivity index is 2.19. The number of nitriles is 1. The largest absolute Gasteiger partial charge is 0.263 e. The Morgan fingerprint density at radius 3 is 2.63 bits per heavy atom. The van der Waals surface area contributed by atoms with Crippen molar-refractivity contribution < 1.29 is 0 Å². The molecule has 19 heavy (non-hydrogen) atoms. The van der Waals surface area contributed by atoms with Gasteiger partial charge in [0.15, 0.2) is 0 Å². The van der Waals surface area contributed by atoms with Gasteiger partial charge in [-0.1, -0.05) is 18.2 Å². The highest BCUT2D eigenvalue weighted by molar-refractivity contribution is 5.68. The minimum absolute atomic E-state index is 0.542. The van der Waals surface area contributed by atoms with Gasteiger partial charge in [-0.3, -0.25) is 4.98 Å². The number of aromatic nitrogens is 3. The molecule has 0 atom stereocenters. The van der Waals surface area contributed by atoms with Crippen molar-refractivity contribution in [2.45, 2.75) is 0 Å². The molecule has 0 saturated heterocycles. The molecule has 0 aliphatic heterocycles. The van der Waals surface area contributed by atoms with E-state index >= 15 is 0 Å². The second-order valence-electron chi connectivity index (χ2n) is 4.00. The van der Waals surface area contributed by atoms with Gasteiger partial charge >= 0.3 is 0 Å². The van der Waals surface area contributed by atoms with Crippen molar-refractivity contribution in [3.8, 4) is 23.0 Å². The first-order valence-electron chi connectivity index (χ1n) is 5.84. The third kappa shape index (κ3) is 1.98. The normalized spacial score (nSPS) is 10.1. The molecule has 1 aromatic carbocycles. The average molecular weight is 246 g/mol. The molecule has 3 aromatic rings. The summed E-state index contributed by atoms with van der Waals surface area (Å²) in [6.45, 7) is 0. The number of hydrogen-bond donors (Lipinski definition) is 0. The first-order valence-corrected chi connectivity index (χ1v) is 5.84. The molecule has 0 spiro atoms. The van der Waals surface area contributed by atoms with E-state index in [1.54, 1.807) is 18.6 Å². The molecule has 90 valence electrons. The van der Waals surface area contributed by atoms with Gasteiger partial charge in [-0.25, -0.2) is 4.68 Å². The molecule has 0 aliphatic rings. The number of rotatable bonds is 2. The maximum absolute atomic E-state index is 9.16. The van der Waals surface area contributed by atoms with Gasteiger partial charge in [0, 0.05) is 18.0 Å². The first-order chi connectivity index (χ1) is 9.40. The van der Waals surface area contributed by atoms with Gasteiger partial charge in [0.05, 0.1) is 23.1 Å². The van der Waals surface area contributed by atoms with E-state index in [1.807, 2.05) is 47.1 Å². The summed E-state index contributed by atoms with van der Waals surface area (Å²) in [6.07, 6.45) is 4.97. The summed E-state index contributed by atoms with van der Waals surface area (Å²) in [5, 5.41) is 13.5. The molecule has 4 heteroatoms. The molecule has 0 unspecified atom stereocenters. The zero-order chi connectivity index (χ0) is 13.1. The lowest BCUT2D eigenvalue weighted by Gasteiger charge is -2.08. The highest BCUT2D eigenvalue weighted by Gasteiger charge is 2.10. The van der Waals surface area contributed by atoms with E-state index in [1.165, 1.54) is 0 Å². The van der Waals surface area contributed by atoms with Crippen LogP contribution in [0.2, 0.25) is 0 Å². The van der Waals surface area contributed by atoms with Crippen LogP contribution < -0.4 is 0 Å². The van der Waals surface area contributed by atoms with Crippen LogP contribution in [-0.4, -0.2) is 14.8 Å². The molecular formula is C15H10N4. The van der Waals surface area contributed by atoms with Crippen LogP contribution in [0.5, 0.6) is 0 Å². The Morgan fingerprint density at radius 1 is 1.00 bits per heavy atom. The van der Waals surface area contributed by atoms with E-state index in [9.17, 15) is 0 Å². The molecule has 2 heterocycles. The van der Waals surface area contributed by atoms with E-state index < -0.39 is 0 Å². The molecule has 4 nitrogen and oxygen atoms in total. The summed E-state index contributed by atoms with van der Waals surface area (Å²) in [5.74, 6) is 0. The van der Waals surface area contributed by atoms with Crippen molar-refractivity contribution in [3.63, 3.8) is 0 Å². The van der Waals surface area contributed by atoms with Crippen molar-refractivity contribution in [2.75, 3.05) is 0 Å². The topological polar surface area (TPSA) is 54.5 Å². The van der Waals surface area contributed by atoms with E-state index in [-0.39, 0.29) is 0 Å². The zero-order valence-corrected chi connectivity index (χ0v) is 10.1. The van der Waals surface area contributed by atoms with Gasteiger partial charge in [-0.2, -0.15) is 10.4 Å². The minimum Gasteiger partial charge on any atom is -0.263 e. The fourth-order valence-electron chi connectivity index (χ4n) is 1.99. The molecule has 0 N–H and O–H groups in total. The van der Waals surface area contributed by atoms with Crippen molar-refractivity contribution in [1.82, 2.24) is 14.8 Å². The first kappa shape index (κ1) is 11.2. The standard InChI is InChI=1S/C15H10N4/c16-10-12-11-17-8-6-14(12)15-7-9-18-19(15)13-4-2-1-3-5-13/h1-9,11H. The lowest BCUT2D eigenvalue weighted by atomic mass is 10.1. The van der Waals surface area contributed by atoms with Crippen LogP contribution in [0.15, 0.2) is 61.1 Å². The van der Waals surface area contributed by atoms with Crippen molar-refractivity contribution >= 4 is 0 Å². The van der Waals surface area contributed by atoms with Gasteiger partial charge in [-0.15, -0.1) is 0 Å². The summed E-state index contributed by atoms with van der Waals surface area (Å²) in [6, 6.07) is 15.7. The fraction of sp³-hybridized carbons (Fsp3) is 0. The quantitative estimate of drug-likeness (QED) is 0.698. The molecular weight excluding hydrogens is 236 g/mol. The maximum Gasteiger partial charge on any atom is 0.101 e. The summed E-state index contributed by atoms with van der Waals surface area (Å²) in [7, 11) is 0. The van der Waals surface area contributed by atoms with Gasteiger partial charge < -0.3 is 0 Å². The number of hydrogen-bond acceptors (Lipinski definition) is 3. The zero-order valence-electron chi connectivity index (χ0n) is 10.1. The predicted molar refractivity (Wildman–Crippen MR) is 71.5 cm³/mol. The molecule has 3 rings (SSSR count). The summed E-state index contributed by atoms with van der Waals surface area (Å²) < 4.78 is 1.82. The highest BCUT2D eigenvalue weighted by atomic mass is 15.3. The van der Waals surface area contributed by atoms with E-state index in [4.69, 9.17) is 5.26 Å². The minimum atomic E-state index is 0.542. The van der Waals surface area contributed by atoms with Crippen LogP contribution in [0.4, 0.5) is 0 Å². The highest BCUT2D eigenvalue weighted by Crippen LogP contribution is 2.24. The summed E-state index contributed by atoms with van der Waals surface area (Å²) in [4.78, 5) is 3.98. The Bertz CT molecular complexity index is 738. The Hall–Kier alpha value is -2.93. The van der Waals surface area contributed by atoms with Gasteiger partial charge in [0.25, 0.3) is 0 Å². The van der Waals surface area contributed by atoms with E-state index in [0.717, 1.165) is 16.9 Å². The van der Waals surface area contributed by atoms with Crippen LogP contribution >= 0.6 is 0 Å². The molecule has 0 bridgehead atoms. The van der Waals surface area contributed by atoms with Gasteiger partial charge in [-0.05, 0) is 24.3 Å². The van der Waals surface area contributed by atoms with Gasteiger partial charge in [0.1, 0.15) is 6.07 Å². The summed E-state index contributed by atoms with van der Waals surface area (Å²) >= 11 is 0. The maximum atomic E-state index is 9.16. The molecule has 0 fully saturated rings. The third-order valence-electron chi connectivity index (χ3n) is 2.86. The monoisotopic (exact) mass is 246 g/mol. The van der Waals surface area contributed by atoms with Gasteiger partial charge in [0.2, 0.25) is 0 Å². The Labute approximate surface area is 110 Å². The lowest BCUT2D eigenvalue weighted by molar-refractivity contribution is 0.887. The molecule has 2 aromatic heterocycles. The van der Waals surface area contributed by atoms with Crippen LogP contribution in [-0.2, 0) is 0 Å². The number of nitrogens with zero attached hydrogens (tertiary/aromatic N) is 4. The van der Waals surface area contributed by atoms with Crippen molar-refractivity contribution in [2.24, 2.45) is 0 Å². The Morgan fingerprint density at radius 2 is 1.84 bits per heavy atom. The lowest BCUT2D eigenvalue weighted by Crippen LogP contribution is -1.99. The van der Waals surface area contributed by atoms with Crippen LogP contribution in [0, 0.1) is 11.3 Å². The number of pyridine rings is 1. The smallest absolute Gasteiger partial charge is 0.101 e. The second-order valence-corrected chi connectivity index (χ2v) is 4.00. The van der Waals surface area contributed by atoms with Crippen LogP contribution in [0.1, 0.15) is 5.56 Å². The van der Waals surface area contributed by atoms with Crippen LogP contribution in [0.3, 0.4) is 0 Å². The SMILES string of the molecule is N#Cc1cnccc1-c1ccnn1-c1ccccc1. The molecule has 0 saturated carbocycles. The third-order valence-corrected chi connectivity index (χ3v) is 2.86. The molecule has 0 aliphatic carbocycles. The molecule has 0 radical (unpaired) electrons. The van der Waals surface area contributed by atoms with Crippen molar-refractivity contribution in [3.05, 3.63) is 66.6 Å². The predicted octanol–water partition coefficient (Wildman–Crippen LogP) is 2.81.